The third kappa shape index (κ3) is 2.46. The molecule has 2 aliphatic heterocycles. The number of hydrogen-bond acceptors (Lipinski definition) is 4. The van der Waals surface area contributed by atoms with E-state index in [1.54, 1.807) is 0 Å². The second-order valence-corrected chi connectivity index (χ2v) is 6.45. The van der Waals surface area contributed by atoms with Gasteiger partial charge in [-0.15, -0.1) is 6.58 Å². The highest BCUT2D eigenvalue weighted by atomic mass is 16.2. The molecule has 120 valence electrons. The maximum Gasteiger partial charge on any atom is 0.244 e. The van der Waals surface area contributed by atoms with Crippen LogP contribution in [0.5, 0.6) is 0 Å². The van der Waals surface area contributed by atoms with Crippen molar-refractivity contribution in [2.24, 2.45) is 7.05 Å². The van der Waals surface area contributed by atoms with Gasteiger partial charge in [-0.05, 0) is 6.42 Å². The smallest absolute Gasteiger partial charge is 0.244 e. The van der Waals surface area contributed by atoms with E-state index in [0.29, 0.717) is 0 Å². The van der Waals surface area contributed by atoms with Gasteiger partial charge in [0.15, 0.2) is 0 Å². The van der Waals surface area contributed by atoms with E-state index in [1.165, 1.54) is 5.69 Å². The average Bonchev–Trinajstić information content (AvgIpc) is 3.09. The van der Waals surface area contributed by atoms with E-state index in [9.17, 15) is 4.79 Å². The standard InChI is InChI=1S/C16H25N5O/c1-4-6-21-9-8-18(2)15(22)16(21)5-7-20(12-16)11-14-10-17-13-19(14)3/h4,10,13H,1,5-9,11-12H2,2-3H3/t16-/m0/s1. The molecule has 1 amide bonds. The second-order valence-electron chi connectivity index (χ2n) is 6.45. The fraction of sp³-hybridized carbons (Fsp3) is 0.625. The minimum absolute atomic E-state index is 0.258. The van der Waals surface area contributed by atoms with Gasteiger partial charge in [-0.1, -0.05) is 6.08 Å². The molecule has 22 heavy (non-hydrogen) atoms. The first-order valence-electron chi connectivity index (χ1n) is 7.86. The Morgan fingerprint density at radius 2 is 2.18 bits per heavy atom. The number of piperazine rings is 1. The number of likely N-dealkylation sites (N-methyl/N-ethyl adjacent to an activating group) is 1. The Labute approximate surface area is 132 Å². The van der Waals surface area contributed by atoms with Gasteiger partial charge >= 0.3 is 0 Å². The van der Waals surface area contributed by atoms with Gasteiger partial charge in [-0.2, -0.15) is 0 Å². The molecule has 0 unspecified atom stereocenters. The Hall–Kier alpha value is -1.66. The van der Waals surface area contributed by atoms with Crippen LogP contribution in [0.3, 0.4) is 0 Å². The lowest BCUT2D eigenvalue weighted by molar-refractivity contribution is -0.148. The molecule has 3 rings (SSSR count). The first kappa shape index (κ1) is 15.2. The number of amides is 1. The largest absolute Gasteiger partial charge is 0.343 e. The van der Waals surface area contributed by atoms with Gasteiger partial charge in [0.2, 0.25) is 5.91 Å². The number of imidazole rings is 1. The number of aromatic nitrogens is 2. The van der Waals surface area contributed by atoms with Crippen molar-refractivity contribution < 1.29 is 4.79 Å². The first-order valence-corrected chi connectivity index (χ1v) is 7.86. The quantitative estimate of drug-likeness (QED) is 0.752. The molecular weight excluding hydrogens is 278 g/mol. The summed E-state index contributed by atoms with van der Waals surface area (Å²) in [6.07, 6.45) is 6.53. The number of likely N-dealkylation sites (tertiary alicyclic amines) is 1. The molecule has 2 aliphatic rings. The number of aryl methyl sites for hydroxylation is 1. The molecule has 0 aliphatic carbocycles. The molecule has 1 aromatic rings. The Morgan fingerprint density at radius 3 is 2.86 bits per heavy atom. The molecule has 0 aromatic carbocycles. The number of carbonyl (C=O) groups excluding carboxylic acids is 1. The maximum atomic E-state index is 12.9. The molecule has 2 saturated heterocycles. The summed E-state index contributed by atoms with van der Waals surface area (Å²) in [5, 5.41) is 0. The molecule has 2 fully saturated rings. The average molecular weight is 303 g/mol. The summed E-state index contributed by atoms with van der Waals surface area (Å²) in [4.78, 5) is 23.6. The third-order valence-corrected chi connectivity index (χ3v) is 5.03. The number of nitrogens with zero attached hydrogens (tertiary/aromatic N) is 5. The van der Waals surface area contributed by atoms with E-state index in [1.807, 2.05) is 42.2 Å². The lowest BCUT2D eigenvalue weighted by atomic mass is 9.91. The van der Waals surface area contributed by atoms with Crippen molar-refractivity contribution in [3.8, 4) is 0 Å². The number of carbonyl (C=O) groups is 1. The molecule has 3 heterocycles. The minimum atomic E-state index is -0.375. The van der Waals surface area contributed by atoms with Crippen molar-refractivity contribution >= 4 is 5.91 Å². The normalized spacial score (nSPS) is 27.0. The SMILES string of the molecule is C=CCN1CCN(C)C(=O)[C@@]12CCN(Cc1cncn1C)C2. The zero-order valence-corrected chi connectivity index (χ0v) is 13.5. The van der Waals surface area contributed by atoms with Crippen LogP contribution >= 0.6 is 0 Å². The van der Waals surface area contributed by atoms with Gasteiger partial charge in [-0.25, -0.2) is 4.98 Å². The van der Waals surface area contributed by atoms with E-state index in [0.717, 1.165) is 45.7 Å². The zero-order valence-electron chi connectivity index (χ0n) is 13.5. The van der Waals surface area contributed by atoms with Crippen LogP contribution in [-0.4, -0.2) is 75.5 Å². The Balaban J connectivity index is 1.78. The Bertz CT molecular complexity index is 569. The highest BCUT2D eigenvalue weighted by Crippen LogP contribution is 2.33. The van der Waals surface area contributed by atoms with Crippen LogP contribution in [0.2, 0.25) is 0 Å². The van der Waals surface area contributed by atoms with Crippen LogP contribution in [0.4, 0.5) is 0 Å². The van der Waals surface area contributed by atoms with E-state index >= 15 is 0 Å². The van der Waals surface area contributed by atoms with Gasteiger partial charge in [-0.3, -0.25) is 14.6 Å². The predicted octanol–water partition coefficient (Wildman–Crippen LogP) is 0.325. The van der Waals surface area contributed by atoms with Crippen LogP contribution in [-0.2, 0) is 18.4 Å². The molecule has 1 atom stereocenters. The Kier molecular flexibility index (Phi) is 4.06. The predicted molar refractivity (Wildman–Crippen MR) is 85.2 cm³/mol. The maximum absolute atomic E-state index is 12.9. The molecule has 1 spiro atoms. The summed E-state index contributed by atoms with van der Waals surface area (Å²) >= 11 is 0. The van der Waals surface area contributed by atoms with Crippen molar-refractivity contribution in [3.05, 3.63) is 30.9 Å². The lowest BCUT2D eigenvalue weighted by Crippen LogP contribution is -2.66. The van der Waals surface area contributed by atoms with Crippen molar-refractivity contribution in [2.45, 2.75) is 18.5 Å². The molecule has 0 bridgehead atoms. The van der Waals surface area contributed by atoms with Crippen LogP contribution in [0.15, 0.2) is 25.2 Å². The zero-order chi connectivity index (χ0) is 15.7. The van der Waals surface area contributed by atoms with Gasteiger partial charge in [0.05, 0.1) is 12.0 Å². The summed E-state index contributed by atoms with van der Waals surface area (Å²) in [6.45, 7) is 8.93. The first-order chi connectivity index (χ1) is 10.6. The highest BCUT2D eigenvalue weighted by molar-refractivity contribution is 5.87. The van der Waals surface area contributed by atoms with Crippen molar-refractivity contribution in [2.75, 3.05) is 39.8 Å². The van der Waals surface area contributed by atoms with E-state index in [-0.39, 0.29) is 11.4 Å². The van der Waals surface area contributed by atoms with E-state index < -0.39 is 0 Å². The second kappa shape index (κ2) is 5.85. The van der Waals surface area contributed by atoms with E-state index in [4.69, 9.17) is 0 Å². The highest BCUT2D eigenvalue weighted by Gasteiger charge is 2.51. The van der Waals surface area contributed by atoms with Crippen LogP contribution in [0.25, 0.3) is 0 Å². The molecule has 0 saturated carbocycles. The molecule has 0 radical (unpaired) electrons. The summed E-state index contributed by atoms with van der Waals surface area (Å²) in [5.41, 5.74) is 0.809. The van der Waals surface area contributed by atoms with Crippen LogP contribution < -0.4 is 0 Å². The molecular formula is C16H25N5O. The van der Waals surface area contributed by atoms with Crippen molar-refractivity contribution in [1.29, 1.82) is 0 Å². The summed E-state index contributed by atoms with van der Waals surface area (Å²) < 4.78 is 2.04. The molecule has 1 aromatic heterocycles. The molecule has 0 N–H and O–H groups in total. The summed E-state index contributed by atoms with van der Waals surface area (Å²) in [7, 11) is 3.93. The van der Waals surface area contributed by atoms with Crippen LogP contribution in [0, 0.1) is 0 Å². The van der Waals surface area contributed by atoms with Crippen LogP contribution in [0.1, 0.15) is 12.1 Å². The van der Waals surface area contributed by atoms with Gasteiger partial charge in [0.25, 0.3) is 0 Å². The van der Waals surface area contributed by atoms with E-state index in [2.05, 4.69) is 21.4 Å². The third-order valence-electron chi connectivity index (χ3n) is 5.03. The molecule has 6 nitrogen and oxygen atoms in total. The number of hydrogen-bond donors (Lipinski definition) is 0. The Morgan fingerprint density at radius 1 is 1.36 bits per heavy atom. The van der Waals surface area contributed by atoms with Gasteiger partial charge in [0, 0.05) is 59.6 Å². The minimum Gasteiger partial charge on any atom is -0.343 e. The monoisotopic (exact) mass is 303 g/mol. The number of rotatable bonds is 4. The lowest BCUT2D eigenvalue weighted by Gasteiger charge is -2.46. The van der Waals surface area contributed by atoms with Gasteiger partial charge in [0.1, 0.15) is 5.54 Å². The molecule has 6 heteroatoms. The van der Waals surface area contributed by atoms with Crippen molar-refractivity contribution in [1.82, 2.24) is 24.3 Å². The fourth-order valence-electron chi connectivity index (χ4n) is 3.70. The van der Waals surface area contributed by atoms with Crippen molar-refractivity contribution in [3.63, 3.8) is 0 Å². The fourth-order valence-corrected chi connectivity index (χ4v) is 3.70. The topological polar surface area (TPSA) is 44.6 Å². The van der Waals surface area contributed by atoms with Gasteiger partial charge < -0.3 is 9.47 Å². The summed E-state index contributed by atoms with van der Waals surface area (Å²) in [5.74, 6) is 0.258. The summed E-state index contributed by atoms with van der Waals surface area (Å²) in [6, 6.07) is 0.